The van der Waals surface area contributed by atoms with Crippen LogP contribution in [0.4, 0.5) is 5.13 Å². The van der Waals surface area contributed by atoms with Gasteiger partial charge in [-0.25, -0.2) is 4.98 Å². The van der Waals surface area contributed by atoms with Gasteiger partial charge in [0.25, 0.3) is 5.91 Å². The van der Waals surface area contributed by atoms with Crippen LogP contribution in [0.25, 0.3) is 10.2 Å². The van der Waals surface area contributed by atoms with Crippen LogP contribution in [-0.2, 0) is 0 Å². The highest BCUT2D eigenvalue weighted by Gasteiger charge is 2.24. The predicted molar refractivity (Wildman–Crippen MR) is 124 cm³/mol. The lowest BCUT2D eigenvalue weighted by atomic mass is 10.1. The van der Waals surface area contributed by atoms with Gasteiger partial charge in [-0.3, -0.25) is 9.69 Å². The number of hydrogen-bond donors (Lipinski definition) is 0. The lowest BCUT2D eigenvalue weighted by Crippen LogP contribution is -2.36. The van der Waals surface area contributed by atoms with Gasteiger partial charge in [0, 0.05) is 18.7 Å². The smallest absolute Gasteiger partial charge is 0.260 e. The van der Waals surface area contributed by atoms with Crippen molar-refractivity contribution in [1.29, 1.82) is 0 Å². The second-order valence-electron chi connectivity index (χ2n) is 7.54. The Morgan fingerprint density at radius 1 is 1.07 bits per heavy atom. The number of ether oxygens (including phenoxy) is 2. The average molecular weight is 448 g/mol. The number of halogens is 1. The zero-order valence-corrected chi connectivity index (χ0v) is 19.2. The van der Waals surface area contributed by atoms with E-state index in [0.717, 1.165) is 27.5 Å². The minimum absolute atomic E-state index is 0. The highest BCUT2D eigenvalue weighted by Crippen LogP contribution is 2.34. The van der Waals surface area contributed by atoms with Gasteiger partial charge in [0.1, 0.15) is 13.2 Å². The summed E-state index contributed by atoms with van der Waals surface area (Å²) in [6.45, 7) is 6.45. The number of hydrogen-bond acceptors (Lipinski definition) is 6. The Kier molecular flexibility index (Phi) is 6.85. The van der Waals surface area contributed by atoms with Crippen LogP contribution in [0.2, 0.25) is 0 Å². The van der Waals surface area contributed by atoms with E-state index in [0.29, 0.717) is 36.8 Å². The molecule has 0 bridgehead atoms. The lowest BCUT2D eigenvalue weighted by molar-refractivity contribution is 0.0984. The fraction of sp³-hybridized carbons (Fsp3) is 0.364. The van der Waals surface area contributed by atoms with Gasteiger partial charge in [-0.2, -0.15) is 0 Å². The van der Waals surface area contributed by atoms with Crippen molar-refractivity contribution in [3.63, 3.8) is 0 Å². The number of aromatic nitrogens is 1. The number of amides is 1. The number of thiazole rings is 1. The molecule has 8 heteroatoms. The van der Waals surface area contributed by atoms with Gasteiger partial charge in [0.15, 0.2) is 16.6 Å². The molecule has 0 unspecified atom stereocenters. The van der Waals surface area contributed by atoms with Crippen LogP contribution in [0.1, 0.15) is 21.5 Å². The summed E-state index contributed by atoms with van der Waals surface area (Å²) in [4.78, 5) is 22.1. The minimum atomic E-state index is -0.0859. The largest absolute Gasteiger partial charge is 0.486 e. The highest BCUT2D eigenvalue weighted by molar-refractivity contribution is 7.22. The third-order valence-corrected chi connectivity index (χ3v) is 5.88. The minimum Gasteiger partial charge on any atom is -0.486 e. The summed E-state index contributed by atoms with van der Waals surface area (Å²) < 4.78 is 12.3. The van der Waals surface area contributed by atoms with Crippen molar-refractivity contribution >= 4 is 45.0 Å². The average Bonchev–Trinajstić information content (AvgIpc) is 3.11. The molecule has 1 aliphatic rings. The van der Waals surface area contributed by atoms with E-state index in [2.05, 4.69) is 30.9 Å². The fourth-order valence-corrected chi connectivity index (χ4v) is 4.56. The van der Waals surface area contributed by atoms with Crippen LogP contribution in [-0.4, -0.2) is 56.2 Å². The Balaban J connectivity index is 0.00000256. The van der Waals surface area contributed by atoms with Crippen molar-refractivity contribution in [2.45, 2.75) is 13.8 Å². The molecule has 0 atom stereocenters. The quantitative estimate of drug-likeness (QED) is 0.583. The maximum atomic E-state index is 13.5. The molecule has 0 spiro atoms. The van der Waals surface area contributed by atoms with Crippen molar-refractivity contribution in [3.8, 4) is 11.5 Å². The topological polar surface area (TPSA) is 54.9 Å². The van der Waals surface area contributed by atoms with Crippen LogP contribution in [0.3, 0.4) is 0 Å². The van der Waals surface area contributed by atoms with E-state index in [9.17, 15) is 4.79 Å². The van der Waals surface area contributed by atoms with E-state index >= 15 is 0 Å². The molecule has 2 heterocycles. The monoisotopic (exact) mass is 447 g/mol. The third kappa shape index (κ3) is 4.53. The molecule has 1 aromatic heterocycles. The first-order chi connectivity index (χ1) is 13.9. The van der Waals surface area contributed by atoms with Crippen LogP contribution < -0.4 is 14.4 Å². The van der Waals surface area contributed by atoms with Crippen LogP contribution in [0, 0.1) is 13.8 Å². The number of fused-ring (bicyclic) bond motifs is 2. The number of aryl methyl sites for hydroxylation is 2. The first kappa shape index (κ1) is 22.3. The van der Waals surface area contributed by atoms with Gasteiger partial charge in [0.2, 0.25) is 0 Å². The number of carbonyl (C=O) groups excluding carboxylic acids is 1. The summed E-state index contributed by atoms with van der Waals surface area (Å²) >= 11 is 1.56. The molecule has 0 radical (unpaired) electrons. The van der Waals surface area contributed by atoms with E-state index in [-0.39, 0.29) is 18.3 Å². The molecule has 0 saturated heterocycles. The summed E-state index contributed by atoms with van der Waals surface area (Å²) in [7, 11) is 4.00. The van der Waals surface area contributed by atoms with Crippen molar-refractivity contribution in [2.24, 2.45) is 0 Å². The highest BCUT2D eigenvalue weighted by atomic mass is 35.5. The molecule has 0 saturated carbocycles. The molecule has 0 aliphatic carbocycles. The van der Waals surface area contributed by atoms with Crippen LogP contribution in [0.15, 0.2) is 30.3 Å². The molecular weight excluding hydrogens is 422 g/mol. The molecule has 160 valence electrons. The van der Waals surface area contributed by atoms with Gasteiger partial charge in [-0.15, -0.1) is 12.4 Å². The maximum absolute atomic E-state index is 13.5. The van der Waals surface area contributed by atoms with E-state index in [1.165, 1.54) is 5.56 Å². The summed E-state index contributed by atoms with van der Waals surface area (Å²) in [5.41, 5.74) is 3.85. The molecule has 2 aromatic carbocycles. The maximum Gasteiger partial charge on any atom is 0.260 e. The Morgan fingerprint density at radius 3 is 2.53 bits per heavy atom. The Labute approximate surface area is 186 Å². The SMILES string of the molecule is Cc1cc(C)c2nc(N(CCN(C)C)C(=O)c3ccc4c(c3)OCCO4)sc2c1.Cl. The summed E-state index contributed by atoms with van der Waals surface area (Å²) in [6, 6.07) is 9.61. The third-order valence-electron chi connectivity index (χ3n) is 4.85. The van der Waals surface area contributed by atoms with Gasteiger partial charge in [-0.05, 0) is 63.3 Å². The predicted octanol–water partition coefficient (Wildman–Crippen LogP) is 4.31. The Bertz CT molecular complexity index is 1070. The van der Waals surface area contributed by atoms with Crippen molar-refractivity contribution in [2.75, 3.05) is 45.3 Å². The molecular formula is C22H26ClN3O3S. The van der Waals surface area contributed by atoms with E-state index in [4.69, 9.17) is 14.5 Å². The normalized spacial score (nSPS) is 12.7. The fourth-order valence-electron chi connectivity index (χ4n) is 3.39. The van der Waals surface area contributed by atoms with Crippen molar-refractivity contribution < 1.29 is 14.3 Å². The lowest BCUT2D eigenvalue weighted by Gasteiger charge is -2.23. The molecule has 0 N–H and O–H groups in total. The Hall–Kier alpha value is -2.35. The zero-order chi connectivity index (χ0) is 20.5. The summed E-state index contributed by atoms with van der Waals surface area (Å²) in [5.74, 6) is 1.21. The zero-order valence-electron chi connectivity index (χ0n) is 17.6. The first-order valence-electron chi connectivity index (χ1n) is 9.66. The Morgan fingerprint density at radius 2 is 1.80 bits per heavy atom. The molecule has 1 aliphatic heterocycles. The van der Waals surface area contributed by atoms with Crippen molar-refractivity contribution in [1.82, 2.24) is 9.88 Å². The number of nitrogens with zero attached hydrogens (tertiary/aromatic N) is 3. The number of likely N-dealkylation sites (N-methyl/N-ethyl adjacent to an activating group) is 1. The molecule has 1 amide bonds. The number of rotatable bonds is 5. The van der Waals surface area contributed by atoms with Gasteiger partial charge >= 0.3 is 0 Å². The van der Waals surface area contributed by atoms with Crippen LogP contribution >= 0.6 is 23.7 Å². The molecule has 30 heavy (non-hydrogen) atoms. The molecule has 4 rings (SSSR count). The molecule has 3 aromatic rings. The van der Waals surface area contributed by atoms with Gasteiger partial charge < -0.3 is 14.4 Å². The number of benzene rings is 2. The summed E-state index contributed by atoms with van der Waals surface area (Å²) in [6.07, 6.45) is 0. The molecule has 6 nitrogen and oxygen atoms in total. The van der Waals surface area contributed by atoms with Gasteiger partial charge in [0.05, 0.1) is 10.2 Å². The number of carbonyl (C=O) groups is 1. The van der Waals surface area contributed by atoms with E-state index < -0.39 is 0 Å². The number of anilines is 1. The van der Waals surface area contributed by atoms with Gasteiger partial charge in [-0.1, -0.05) is 17.4 Å². The first-order valence-corrected chi connectivity index (χ1v) is 10.5. The molecule has 0 fully saturated rings. The second kappa shape index (κ2) is 9.20. The summed E-state index contributed by atoms with van der Waals surface area (Å²) in [5, 5.41) is 0.718. The standard InChI is InChI=1S/C22H25N3O3S.ClH/c1-14-11-15(2)20-19(12-14)29-22(23-20)25(8-7-24(3)4)21(26)16-5-6-17-18(13-16)28-10-9-27-17;/h5-6,11-13H,7-10H2,1-4H3;1H. The van der Waals surface area contributed by atoms with E-state index in [1.54, 1.807) is 34.4 Å². The van der Waals surface area contributed by atoms with Crippen molar-refractivity contribution in [3.05, 3.63) is 47.0 Å². The second-order valence-corrected chi connectivity index (χ2v) is 8.55. The van der Waals surface area contributed by atoms with E-state index in [1.807, 2.05) is 14.1 Å². The van der Waals surface area contributed by atoms with Crippen LogP contribution in [0.5, 0.6) is 11.5 Å².